The van der Waals surface area contributed by atoms with E-state index in [0.29, 0.717) is 11.4 Å². The number of hydrogen-bond acceptors (Lipinski definition) is 2. The van der Waals surface area contributed by atoms with Gasteiger partial charge < -0.3 is 11.1 Å². The van der Waals surface area contributed by atoms with Crippen LogP contribution < -0.4 is 11.1 Å². The molecule has 0 spiro atoms. The second-order valence-corrected chi connectivity index (χ2v) is 2.26. The van der Waals surface area contributed by atoms with Crippen LogP contribution in [-0.2, 0) is 0 Å². The van der Waals surface area contributed by atoms with Gasteiger partial charge in [0.1, 0.15) is 5.82 Å². The van der Waals surface area contributed by atoms with Gasteiger partial charge in [-0.3, -0.25) is 0 Å². The van der Waals surface area contributed by atoms with Crippen LogP contribution in [0.4, 0.5) is 15.8 Å². The molecule has 1 aromatic rings. The lowest BCUT2D eigenvalue weighted by Crippen LogP contribution is -2.00. The standard InChI is InChI=1S/C8H11FN2/c1-2-11-8-5-6(9)3-4-7(8)10/h3-5,11H,2,10H2,1H3. The highest BCUT2D eigenvalue weighted by Crippen LogP contribution is 2.18. The Morgan fingerprint density at radius 3 is 2.91 bits per heavy atom. The molecule has 0 saturated carbocycles. The first-order valence-corrected chi connectivity index (χ1v) is 3.53. The van der Waals surface area contributed by atoms with Gasteiger partial charge in [-0.05, 0) is 25.1 Å². The Hall–Kier alpha value is -1.25. The molecule has 0 aliphatic heterocycles. The molecule has 1 aromatic carbocycles. The van der Waals surface area contributed by atoms with Crippen LogP contribution in [0.2, 0.25) is 0 Å². The normalized spacial score (nSPS) is 9.64. The summed E-state index contributed by atoms with van der Waals surface area (Å²) in [5.74, 6) is -0.268. The van der Waals surface area contributed by atoms with Crippen molar-refractivity contribution in [2.75, 3.05) is 17.6 Å². The van der Waals surface area contributed by atoms with Gasteiger partial charge in [0.05, 0.1) is 11.4 Å². The fraction of sp³-hybridized carbons (Fsp3) is 0.250. The molecule has 2 nitrogen and oxygen atoms in total. The summed E-state index contributed by atoms with van der Waals surface area (Å²) in [6.07, 6.45) is 0. The fourth-order valence-electron chi connectivity index (χ4n) is 0.872. The third kappa shape index (κ3) is 1.83. The molecule has 60 valence electrons. The number of hydrogen-bond donors (Lipinski definition) is 2. The summed E-state index contributed by atoms with van der Waals surface area (Å²) >= 11 is 0. The van der Waals surface area contributed by atoms with Gasteiger partial charge in [-0.15, -0.1) is 0 Å². The number of nitrogens with two attached hydrogens (primary N) is 1. The van der Waals surface area contributed by atoms with Crippen LogP contribution >= 0.6 is 0 Å². The van der Waals surface area contributed by atoms with E-state index in [1.807, 2.05) is 6.92 Å². The highest BCUT2D eigenvalue weighted by Gasteiger charge is 1.97. The van der Waals surface area contributed by atoms with Crippen LogP contribution in [0.15, 0.2) is 18.2 Å². The zero-order valence-electron chi connectivity index (χ0n) is 6.39. The van der Waals surface area contributed by atoms with Crippen LogP contribution in [0.5, 0.6) is 0 Å². The highest BCUT2D eigenvalue weighted by molar-refractivity contribution is 5.65. The molecule has 11 heavy (non-hydrogen) atoms. The van der Waals surface area contributed by atoms with E-state index in [2.05, 4.69) is 5.32 Å². The van der Waals surface area contributed by atoms with Gasteiger partial charge in [0, 0.05) is 6.54 Å². The minimum absolute atomic E-state index is 0.268. The van der Waals surface area contributed by atoms with Crippen LogP contribution in [0.25, 0.3) is 0 Å². The van der Waals surface area contributed by atoms with E-state index in [4.69, 9.17) is 5.73 Å². The van der Waals surface area contributed by atoms with Crippen molar-refractivity contribution >= 4 is 11.4 Å². The third-order valence-electron chi connectivity index (χ3n) is 1.38. The Morgan fingerprint density at radius 1 is 1.55 bits per heavy atom. The molecule has 0 atom stereocenters. The molecule has 3 heteroatoms. The van der Waals surface area contributed by atoms with E-state index in [1.165, 1.54) is 12.1 Å². The number of anilines is 2. The highest BCUT2D eigenvalue weighted by atomic mass is 19.1. The molecule has 0 aromatic heterocycles. The van der Waals surface area contributed by atoms with Crippen LogP contribution in [0, 0.1) is 5.82 Å². The van der Waals surface area contributed by atoms with Crippen molar-refractivity contribution in [1.29, 1.82) is 0 Å². The molecule has 0 aliphatic carbocycles. The maximum Gasteiger partial charge on any atom is 0.125 e. The van der Waals surface area contributed by atoms with Crippen LogP contribution in [0.3, 0.4) is 0 Å². The molecule has 0 amide bonds. The molecule has 0 heterocycles. The molecular weight excluding hydrogens is 143 g/mol. The summed E-state index contributed by atoms with van der Waals surface area (Å²) in [4.78, 5) is 0. The Bertz CT molecular complexity index is 248. The Balaban J connectivity index is 2.93. The van der Waals surface area contributed by atoms with Gasteiger partial charge in [-0.1, -0.05) is 0 Å². The topological polar surface area (TPSA) is 38.0 Å². The summed E-state index contributed by atoms with van der Waals surface area (Å²) in [5, 5.41) is 2.95. The first-order chi connectivity index (χ1) is 5.24. The van der Waals surface area contributed by atoms with Crippen LogP contribution in [-0.4, -0.2) is 6.54 Å². The van der Waals surface area contributed by atoms with E-state index >= 15 is 0 Å². The number of benzene rings is 1. The molecule has 0 saturated heterocycles. The number of nitrogen functional groups attached to an aromatic ring is 1. The quantitative estimate of drug-likeness (QED) is 0.638. The van der Waals surface area contributed by atoms with E-state index in [0.717, 1.165) is 6.54 Å². The zero-order chi connectivity index (χ0) is 8.27. The molecule has 0 unspecified atom stereocenters. The Labute approximate surface area is 65.2 Å². The summed E-state index contributed by atoms with van der Waals surface area (Å²) in [6.45, 7) is 2.68. The molecule has 0 aliphatic rings. The molecule has 3 N–H and O–H groups in total. The maximum atomic E-state index is 12.6. The summed E-state index contributed by atoms with van der Waals surface area (Å²) in [6, 6.07) is 4.28. The van der Waals surface area contributed by atoms with Gasteiger partial charge in [0.2, 0.25) is 0 Å². The van der Waals surface area contributed by atoms with Gasteiger partial charge in [0.15, 0.2) is 0 Å². The third-order valence-corrected chi connectivity index (χ3v) is 1.38. The Morgan fingerprint density at radius 2 is 2.27 bits per heavy atom. The minimum atomic E-state index is -0.268. The van der Waals surface area contributed by atoms with Crippen molar-refractivity contribution in [3.05, 3.63) is 24.0 Å². The van der Waals surface area contributed by atoms with Gasteiger partial charge in [-0.2, -0.15) is 0 Å². The number of halogens is 1. The number of rotatable bonds is 2. The summed E-state index contributed by atoms with van der Waals surface area (Å²) in [5.41, 5.74) is 6.78. The fourth-order valence-corrected chi connectivity index (χ4v) is 0.872. The predicted molar refractivity (Wildman–Crippen MR) is 45.0 cm³/mol. The first-order valence-electron chi connectivity index (χ1n) is 3.53. The van der Waals surface area contributed by atoms with Gasteiger partial charge >= 0.3 is 0 Å². The molecular formula is C8H11FN2. The van der Waals surface area contributed by atoms with Crippen molar-refractivity contribution in [3.8, 4) is 0 Å². The molecule has 0 radical (unpaired) electrons. The van der Waals surface area contributed by atoms with Crippen molar-refractivity contribution in [1.82, 2.24) is 0 Å². The predicted octanol–water partition coefficient (Wildman–Crippen LogP) is 1.84. The van der Waals surface area contributed by atoms with E-state index in [9.17, 15) is 4.39 Å². The summed E-state index contributed by atoms with van der Waals surface area (Å²) in [7, 11) is 0. The van der Waals surface area contributed by atoms with E-state index < -0.39 is 0 Å². The monoisotopic (exact) mass is 154 g/mol. The second kappa shape index (κ2) is 3.23. The lowest BCUT2D eigenvalue weighted by Gasteiger charge is -2.05. The Kier molecular flexibility index (Phi) is 2.31. The molecule has 0 bridgehead atoms. The van der Waals surface area contributed by atoms with Crippen molar-refractivity contribution in [3.63, 3.8) is 0 Å². The lowest BCUT2D eigenvalue weighted by molar-refractivity contribution is 0.628. The largest absolute Gasteiger partial charge is 0.397 e. The zero-order valence-corrected chi connectivity index (χ0v) is 6.39. The van der Waals surface area contributed by atoms with Crippen molar-refractivity contribution < 1.29 is 4.39 Å². The summed E-state index contributed by atoms with van der Waals surface area (Å²) < 4.78 is 12.6. The first kappa shape index (κ1) is 7.85. The smallest absolute Gasteiger partial charge is 0.125 e. The van der Waals surface area contributed by atoms with Gasteiger partial charge in [0.25, 0.3) is 0 Å². The van der Waals surface area contributed by atoms with Crippen molar-refractivity contribution in [2.45, 2.75) is 6.92 Å². The number of nitrogens with one attached hydrogen (secondary N) is 1. The lowest BCUT2D eigenvalue weighted by atomic mass is 10.2. The average Bonchev–Trinajstić information content (AvgIpc) is 1.98. The minimum Gasteiger partial charge on any atom is -0.397 e. The second-order valence-electron chi connectivity index (χ2n) is 2.26. The van der Waals surface area contributed by atoms with E-state index in [1.54, 1.807) is 6.07 Å². The van der Waals surface area contributed by atoms with Crippen molar-refractivity contribution in [2.24, 2.45) is 0 Å². The van der Waals surface area contributed by atoms with E-state index in [-0.39, 0.29) is 5.82 Å². The molecule has 0 fully saturated rings. The van der Waals surface area contributed by atoms with Gasteiger partial charge in [-0.25, -0.2) is 4.39 Å². The SMILES string of the molecule is CCNc1cc(F)ccc1N. The van der Waals surface area contributed by atoms with Crippen LogP contribution in [0.1, 0.15) is 6.92 Å². The molecule has 1 rings (SSSR count). The maximum absolute atomic E-state index is 12.6. The average molecular weight is 154 g/mol.